The molecule has 2 aromatic rings. The Bertz CT molecular complexity index is 691. The quantitative estimate of drug-likeness (QED) is 0.647. The molecular formula is C14H14ClFN4OS. The van der Waals surface area contributed by atoms with Crippen molar-refractivity contribution >= 4 is 35.0 Å². The minimum Gasteiger partial charge on any atom is -0.325 e. The summed E-state index contributed by atoms with van der Waals surface area (Å²) in [4.78, 5) is 12.2. The number of rotatable bonds is 6. The van der Waals surface area contributed by atoms with Crippen molar-refractivity contribution in [3.05, 3.63) is 48.0 Å². The Morgan fingerprint density at radius 2 is 2.41 bits per heavy atom. The summed E-state index contributed by atoms with van der Waals surface area (Å²) in [6, 6.07) is 4.03. The fourth-order valence-corrected chi connectivity index (χ4v) is 2.64. The van der Waals surface area contributed by atoms with E-state index in [-0.39, 0.29) is 10.9 Å². The van der Waals surface area contributed by atoms with E-state index in [1.807, 2.05) is 0 Å². The number of nitrogens with one attached hydrogen (secondary N) is 1. The number of thioether (sulfide) groups is 1. The van der Waals surface area contributed by atoms with Crippen LogP contribution in [0.4, 0.5) is 10.1 Å². The van der Waals surface area contributed by atoms with Crippen molar-refractivity contribution in [2.24, 2.45) is 0 Å². The van der Waals surface area contributed by atoms with Gasteiger partial charge >= 0.3 is 0 Å². The number of anilines is 1. The highest BCUT2D eigenvalue weighted by molar-refractivity contribution is 8.00. The van der Waals surface area contributed by atoms with Crippen molar-refractivity contribution in [1.29, 1.82) is 0 Å². The molecule has 0 aliphatic rings. The van der Waals surface area contributed by atoms with Crippen molar-refractivity contribution in [1.82, 2.24) is 14.8 Å². The molecule has 1 heterocycles. The van der Waals surface area contributed by atoms with Crippen LogP contribution in [0.25, 0.3) is 0 Å². The number of hydrogen-bond acceptors (Lipinski definition) is 4. The second-order valence-corrected chi connectivity index (χ2v) is 6.15. The van der Waals surface area contributed by atoms with E-state index >= 15 is 0 Å². The Labute approximate surface area is 136 Å². The maximum atomic E-state index is 13.1. The molecule has 0 fully saturated rings. The molecule has 1 aromatic heterocycles. The molecule has 0 aliphatic heterocycles. The second-order valence-electron chi connectivity index (χ2n) is 4.43. The summed E-state index contributed by atoms with van der Waals surface area (Å²) >= 11 is 6.96. The van der Waals surface area contributed by atoms with Crippen molar-refractivity contribution in [2.75, 3.05) is 5.32 Å². The summed E-state index contributed by atoms with van der Waals surface area (Å²) in [5, 5.41) is 10.6. The van der Waals surface area contributed by atoms with Crippen molar-refractivity contribution in [2.45, 2.75) is 23.9 Å². The largest absolute Gasteiger partial charge is 0.325 e. The number of carbonyl (C=O) groups excluding carboxylic acids is 1. The molecule has 8 heteroatoms. The van der Waals surface area contributed by atoms with Crippen LogP contribution in [-0.4, -0.2) is 25.9 Å². The van der Waals surface area contributed by atoms with Crippen molar-refractivity contribution < 1.29 is 9.18 Å². The lowest BCUT2D eigenvalue weighted by Gasteiger charge is -2.12. The molecule has 1 amide bonds. The van der Waals surface area contributed by atoms with Gasteiger partial charge in [0.2, 0.25) is 5.91 Å². The lowest BCUT2D eigenvalue weighted by molar-refractivity contribution is -0.115. The normalized spacial score (nSPS) is 12.0. The first-order valence-corrected chi connectivity index (χ1v) is 7.68. The summed E-state index contributed by atoms with van der Waals surface area (Å²) in [7, 11) is 0. The number of halogens is 2. The highest BCUT2D eigenvalue weighted by Crippen LogP contribution is 2.24. The molecule has 0 saturated heterocycles. The van der Waals surface area contributed by atoms with E-state index in [4.69, 9.17) is 11.6 Å². The smallest absolute Gasteiger partial charge is 0.237 e. The summed E-state index contributed by atoms with van der Waals surface area (Å²) in [5.41, 5.74) is 0.441. The first kappa shape index (κ1) is 16.5. The van der Waals surface area contributed by atoms with Gasteiger partial charge in [0.15, 0.2) is 5.16 Å². The first-order chi connectivity index (χ1) is 10.5. The van der Waals surface area contributed by atoms with Gasteiger partial charge in [0.1, 0.15) is 12.1 Å². The molecular weight excluding hydrogens is 327 g/mol. The molecule has 0 unspecified atom stereocenters. The fraction of sp³-hybridized carbons (Fsp3) is 0.214. The Balaban J connectivity index is 2.01. The van der Waals surface area contributed by atoms with Crippen LogP contribution in [0.2, 0.25) is 5.02 Å². The Kier molecular flexibility index (Phi) is 5.57. The molecule has 5 nitrogen and oxygen atoms in total. The van der Waals surface area contributed by atoms with Crippen LogP contribution in [0.15, 0.2) is 42.3 Å². The third-order valence-electron chi connectivity index (χ3n) is 2.74. The Morgan fingerprint density at radius 1 is 1.64 bits per heavy atom. The fourth-order valence-electron chi connectivity index (χ4n) is 1.63. The van der Waals surface area contributed by atoms with Gasteiger partial charge in [0.05, 0.1) is 10.3 Å². The van der Waals surface area contributed by atoms with E-state index in [0.29, 0.717) is 17.4 Å². The minimum absolute atomic E-state index is 0.0381. The summed E-state index contributed by atoms with van der Waals surface area (Å²) < 4.78 is 14.9. The highest BCUT2D eigenvalue weighted by Gasteiger charge is 2.18. The van der Waals surface area contributed by atoms with Gasteiger partial charge in [-0.05, 0) is 25.1 Å². The number of benzene rings is 1. The van der Waals surface area contributed by atoms with E-state index in [2.05, 4.69) is 22.1 Å². The zero-order valence-corrected chi connectivity index (χ0v) is 13.4. The number of amides is 1. The highest BCUT2D eigenvalue weighted by atomic mass is 35.5. The van der Waals surface area contributed by atoms with Gasteiger partial charge in [-0.3, -0.25) is 4.79 Å². The number of aromatic nitrogens is 3. The second kappa shape index (κ2) is 7.42. The zero-order chi connectivity index (χ0) is 16.1. The van der Waals surface area contributed by atoms with Gasteiger partial charge in [-0.15, -0.1) is 16.8 Å². The third kappa shape index (κ3) is 4.08. The summed E-state index contributed by atoms with van der Waals surface area (Å²) in [5.74, 6) is -0.763. The predicted octanol–water partition coefficient (Wildman–Crippen LogP) is 3.38. The van der Waals surface area contributed by atoms with Gasteiger partial charge in [0, 0.05) is 12.2 Å². The Hall–Kier alpha value is -1.86. The van der Waals surface area contributed by atoms with E-state index in [9.17, 15) is 9.18 Å². The van der Waals surface area contributed by atoms with E-state index in [0.717, 1.165) is 0 Å². The summed E-state index contributed by atoms with van der Waals surface area (Å²) in [6.07, 6.45) is 3.30. The number of carbonyl (C=O) groups is 1. The molecule has 0 spiro atoms. The van der Waals surface area contributed by atoms with Crippen LogP contribution >= 0.6 is 23.4 Å². The van der Waals surface area contributed by atoms with Crippen LogP contribution in [0.1, 0.15) is 6.92 Å². The standard InChI is InChI=1S/C14H14ClFN4OS/c1-3-6-20-8-17-19-14(20)22-9(2)13(21)18-10-4-5-12(16)11(15)7-10/h3-5,7-9H,1,6H2,2H3,(H,18,21)/t9-/m0/s1. The molecule has 1 aromatic carbocycles. The van der Waals surface area contributed by atoms with Crippen molar-refractivity contribution in [3.63, 3.8) is 0 Å². The molecule has 0 saturated carbocycles. The van der Waals surface area contributed by atoms with Gasteiger partial charge in [-0.1, -0.05) is 29.4 Å². The third-order valence-corrected chi connectivity index (χ3v) is 4.13. The van der Waals surface area contributed by atoms with Crippen LogP contribution in [0, 0.1) is 5.82 Å². The monoisotopic (exact) mass is 340 g/mol. The first-order valence-electron chi connectivity index (χ1n) is 6.42. The average Bonchev–Trinajstić information content (AvgIpc) is 2.90. The molecule has 0 radical (unpaired) electrons. The average molecular weight is 341 g/mol. The van der Waals surface area contributed by atoms with E-state index < -0.39 is 11.1 Å². The number of nitrogens with zero attached hydrogens (tertiary/aromatic N) is 3. The van der Waals surface area contributed by atoms with Crippen LogP contribution in [0.3, 0.4) is 0 Å². The summed E-state index contributed by atoms with van der Waals surface area (Å²) in [6.45, 7) is 5.97. The number of allylic oxidation sites excluding steroid dienone is 1. The maximum Gasteiger partial charge on any atom is 0.237 e. The molecule has 1 N–H and O–H groups in total. The van der Waals surface area contributed by atoms with Crippen molar-refractivity contribution in [3.8, 4) is 0 Å². The number of hydrogen-bond donors (Lipinski definition) is 1. The minimum atomic E-state index is -0.528. The molecule has 0 aliphatic carbocycles. The molecule has 116 valence electrons. The molecule has 22 heavy (non-hydrogen) atoms. The van der Waals surface area contributed by atoms with Gasteiger partial charge in [0.25, 0.3) is 0 Å². The predicted molar refractivity (Wildman–Crippen MR) is 85.6 cm³/mol. The molecule has 2 rings (SSSR count). The topological polar surface area (TPSA) is 59.8 Å². The lowest BCUT2D eigenvalue weighted by Crippen LogP contribution is -2.23. The SMILES string of the molecule is C=CCn1cnnc1S[C@@H](C)C(=O)Nc1ccc(F)c(Cl)c1. The molecule has 1 atom stereocenters. The zero-order valence-electron chi connectivity index (χ0n) is 11.8. The van der Waals surface area contributed by atoms with E-state index in [1.165, 1.54) is 30.0 Å². The van der Waals surface area contributed by atoms with Gasteiger partial charge in [-0.25, -0.2) is 4.39 Å². The van der Waals surface area contributed by atoms with Gasteiger partial charge < -0.3 is 9.88 Å². The Morgan fingerprint density at radius 3 is 3.09 bits per heavy atom. The van der Waals surface area contributed by atoms with Crippen LogP contribution in [-0.2, 0) is 11.3 Å². The van der Waals surface area contributed by atoms with Crippen LogP contribution in [0.5, 0.6) is 0 Å². The molecule has 0 bridgehead atoms. The van der Waals surface area contributed by atoms with Gasteiger partial charge in [-0.2, -0.15) is 0 Å². The van der Waals surface area contributed by atoms with E-state index in [1.54, 1.807) is 23.9 Å². The van der Waals surface area contributed by atoms with Crippen LogP contribution < -0.4 is 5.32 Å². The maximum absolute atomic E-state index is 13.1. The lowest BCUT2D eigenvalue weighted by atomic mass is 10.3.